The number of anilines is 2. The molecule has 4 rings (SSSR count). The van der Waals surface area contributed by atoms with Crippen LogP contribution in [0, 0.1) is 6.92 Å². The summed E-state index contributed by atoms with van der Waals surface area (Å²) in [7, 11) is -3.06. The van der Waals surface area contributed by atoms with E-state index >= 15 is 0 Å². The van der Waals surface area contributed by atoms with Crippen molar-refractivity contribution in [2.45, 2.75) is 25.1 Å². The summed E-state index contributed by atoms with van der Waals surface area (Å²) in [5.74, 6) is -0.511. The largest absolute Gasteiger partial charge is 0.462 e. The minimum atomic E-state index is -3.06. The summed E-state index contributed by atoms with van der Waals surface area (Å²) < 4.78 is 28.8. The first-order valence-electron chi connectivity index (χ1n) is 10.6. The number of sulfone groups is 1. The fourth-order valence-corrected chi connectivity index (χ4v) is 7.56. The molecule has 1 saturated heterocycles. The molecule has 2 unspecified atom stereocenters. The van der Waals surface area contributed by atoms with E-state index in [0.29, 0.717) is 23.0 Å². The van der Waals surface area contributed by atoms with Gasteiger partial charge in [-0.2, -0.15) is 0 Å². The first-order chi connectivity index (χ1) is 15.7. The third-order valence-electron chi connectivity index (χ3n) is 5.33. The van der Waals surface area contributed by atoms with Crippen LogP contribution in [0.5, 0.6) is 0 Å². The molecule has 174 valence electrons. The Hall–Kier alpha value is -2.85. The van der Waals surface area contributed by atoms with Gasteiger partial charge in [0, 0.05) is 16.6 Å². The summed E-state index contributed by atoms with van der Waals surface area (Å²) in [6.07, 6.45) is 0. The van der Waals surface area contributed by atoms with Crippen LogP contribution in [0.1, 0.15) is 22.8 Å². The maximum Gasteiger partial charge on any atom is 0.338 e. The summed E-state index contributed by atoms with van der Waals surface area (Å²) >= 11 is 1.42. The highest BCUT2D eigenvalue weighted by Gasteiger charge is 2.44. The number of amides is 1. The van der Waals surface area contributed by atoms with Crippen LogP contribution in [0.2, 0.25) is 0 Å². The standard InChI is InChI=1S/C23H25N3O5S2/c1-3-31-22(28)16-7-9-17(10-8-16)24-21(27)12-26(18-6-4-5-15(2)11-18)23-25-19-13-33(29,30)14-20(19)32-23/h4-11,19-20H,3,12-14H2,1-2H3,(H,24,27). The van der Waals surface area contributed by atoms with E-state index < -0.39 is 15.8 Å². The topological polar surface area (TPSA) is 105 Å². The van der Waals surface area contributed by atoms with E-state index in [9.17, 15) is 18.0 Å². The van der Waals surface area contributed by atoms with Gasteiger partial charge < -0.3 is 15.0 Å². The Morgan fingerprint density at radius 1 is 1.18 bits per heavy atom. The van der Waals surface area contributed by atoms with E-state index in [4.69, 9.17) is 4.74 Å². The van der Waals surface area contributed by atoms with Crippen molar-refractivity contribution in [1.29, 1.82) is 0 Å². The van der Waals surface area contributed by atoms with Crippen LogP contribution in [0.3, 0.4) is 0 Å². The molecule has 0 aromatic heterocycles. The van der Waals surface area contributed by atoms with Crippen LogP contribution in [-0.2, 0) is 19.4 Å². The predicted molar refractivity (Wildman–Crippen MR) is 131 cm³/mol. The number of ether oxygens (including phenoxy) is 1. The highest BCUT2D eigenvalue weighted by molar-refractivity contribution is 8.15. The Labute approximate surface area is 197 Å². The molecular formula is C23H25N3O5S2. The molecule has 2 aromatic rings. The molecule has 1 N–H and O–H groups in total. The molecule has 2 atom stereocenters. The smallest absolute Gasteiger partial charge is 0.338 e. The van der Waals surface area contributed by atoms with Gasteiger partial charge in [-0.25, -0.2) is 13.2 Å². The molecule has 2 aliphatic rings. The number of thioether (sulfide) groups is 1. The molecule has 1 fully saturated rings. The summed E-state index contributed by atoms with van der Waals surface area (Å²) in [4.78, 5) is 31.2. The number of esters is 1. The number of amidine groups is 1. The molecule has 0 aliphatic carbocycles. The SMILES string of the molecule is CCOC(=O)c1ccc(NC(=O)CN(C2=NC3CS(=O)(=O)CC3S2)c2cccc(C)c2)cc1. The van der Waals surface area contributed by atoms with Crippen LogP contribution in [-0.4, -0.2) is 61.4 Å². The van der Waals surface area contributed by atoms with Gasteiger partial charge in [0.2, 0.25) is 5.91 Å². The molecule has 0 radical (unpaired) electrons. The quantitative estimate of drug-likeness (QED) is 0.625. The number of benzene rings is 2. The molecule has 2 aliphatic heterocycles. The van der Waals surface area contributed by atoms with Crippen molar-refractivity contribution in [3.05, 3.63) is 59.7 Å². The van der Waals surface area contributed by atoms with Crippen LogP contribution in [0.4, 0.5) is 11.4 Å². The van der Waals surface area contributed by atoms with Gasteiger partial charge in [-0.05, 0) is 55.8 Å². The molecule has 1 amide bonds. The highest BCUT2D eigenvalue weighted by atomic mass is 32.2. The van der Waals surface area contributed by atoms with Crippen molar-refractivity contribution < 1.29 is 22.7 Å². The second kappa shape index (κ2) is 9.56. The average molecular weight is 488 g/mol. The molecule has 0 bridgehead atoms. The molecule has 33 heavy (non-hydrogen) atoms. The Kier molecular flexibility index (Phi) is 6.76. The van der Waals surface area contributed by atoms with Crippen LogP contribution in [0.25, 0.3) is 0 Å². The van der Waals surface area contributed by atoms with Crippen molar-refractivity contribution in [2.75, 3.05) is 34.9 Å². The maximum atomic E-state index is 12.9. The summed E-state index contributed by atoms with van der Waals surface area (Å²) in [6.45, 7) is 4.02. The summed E-state index contributed by atoms with van der Waals surface area (Å²) in [5.41, 5.74) is 2.83. The van der Waals surface area contributed by atoms with Gasteiger partial charge >= 0.3 is 5.97 Å². The zero-order valence-corrected chi connectivity index (χ0v) is 20.0. The zero-order chi connectivity index (χ0) is 23.6. The number of rotatable bonds is 6. The van der Waals surface area contributed by atoms with Gasteiger partial charge in [0.25, 0.3) is 0 Å². The average Bonchev–Trinajstić information content (AvgIpc) is 3.26. The molecule has 2 aromatic carbocycles. The normalized spacial score (nSPS) is 20.6. The zero-order valence-electron chi connectivity index (χ0n) is 18.4. The lowest BCUT2D eigenvalue weighted by Crippen LogP contribution is -2.36. The van der Waals surface area contributed by atoms with Crippen molar-refractivity contribution >= 4 is 50.0 Å². The predicted octanol–water partition coefficient (Wildman–Crippen LogP) is 2.89. The van der Waals surface area contributed by atoms with E-state index in [-0.39, 0.29) is 35.2 Å². The summed E-state index contributed by atoms with van der Waals surface area (Å²) in [6, 6.07) is 14.0. The van der Waals surface area contributed by atoms with Crippen LogP contribution < -0.4 is 10.2 Å². The van der Waals surface area contributed by atoms with E-state index in [0.717, 1.165) is 11.3 Å². The van der Waals surface area contributed by atoms with Crippen LogP contribution >= 0.6 is 11.8 Å². The molecule has 0 saturated carbocycles. The van der Waals surface area contributed by atoms with Gasteiger partial charge in [0.15, 0.2) is 15.0 Å². The third kappa shape index (κ3) is 5.56. The van der Waals surface area contributed by atoms with Gasteiger partial charge in [-0.3, -0.25) is 9.79 Å². The molecule has 8 nitrogen and oxygen atoms in total. The van der Waals surface area contributed by atoms with Crippen molar-refractivity contribution in [3.8, 4) is 0 Å². The number of fused-ring (bicyclic) bond motifs is 1. The Bertz CT molecular complexity index is 1190. The molecule has 10 heteroatoms. The lowest BCUT2D eigenvalue weighted by Gasteiger charge is -2.24. The van der Waals surface area contributed by atoms with Crippen LogP contribution in [0.15, 0.2) is 53.5 Å². The first-order valence-corrected chi connectivity index (χ1v) is 13.3. The Morgan fingerprint density at radius 2 is 1.94 bits per heavy atom. The second-order valence-corrected chi connectivity index (χ2v) is 11.3. The maximum absolute atomic E-state index is 12.9. The first kappa shape index (κ1) is 23.3. The fourth-order valence-electron chi connectivity index (χ4n) is 3.78. The second-order valence-electron chi connectivity index (χ2n) is 7.98. The van der Waals surface area contributed by atoms with Crippen molar-refractivity contribution in [1.82, 2.24) is 0 Å². The molecule has 0 spiro atoms. The van der Waals surface area contributed by atoms with Gasteiger partial charge in [0.05, 0.1) is 29.7 Å². The molecule has 2 heterocycles. The number of nitrogens with zero attached hydrogens (tertiary/aromatic N) is 2. The van der Waals surface area contributed by atoms with Crippen molar-refractivity contribution in [3.63, 3.8) is 0 Å². The fraction of sp³-hybridized carbons (Fsp3) is 0.348. The molecular weight excluding hydrogens is 462 g/mol. The highest BCUT2D eigenvalue weighted by Crippen LogP contribution is 2.36. The number of nitrogens with one attached hydrogen (secondary N) is 1. The number of hydrogen-bond donors (Lipinski definition) is 1. The number of carbonyl (C=O) groups excluding carboxylic acids is 2. The van der Waals surface area contributed by atoms with E-state index in [1.54, 1.807) is 31.2 Å². The lowest BCUT2D eigenvalue weighted by atomic mass is 10.2. The number of aliphatic imine (C=N–C) groups is 1. The van der Waals surface area contributed by atoms with E-state index in [2.05, 4.69) is 10.3 Å². The number of carbonyl (C=O) groups is 2. The monoisotopic (exact) mass is 487 g/mol. The number of hydrogen-bond acceptors (Lipinski definition) is 8. The van der Waals surface area contributed by atoms with E-state index in [1.807, 2.05) is 36.1 Å². The Morgan fingerprint density at radius 3 is 2.61 bits per heavy atom. The minimum Gasteiger partial charge on any atom is -0.462 e. The van der Waals surface area contributed by atoms with Gasteiger partial charge in [0.1, 0.15) is 6.54 Å². The van der Waals surface area contributed by atoms with E-state index in [1.165, 1.54) is 11.8 Å². The number of aryl methyl sites for hydroxylation is 1. The minimum absolute atomic E-state index is 0.0150. The third-order valence-corrected chi connectivity index (χ3v) is 8.58. The van der Waals surface area contributed by atoms with Crippen molar-refractivity contribution in [2.24, 2.45) is 4.99 Å². The van der Waals surface area contributed by atoms with Gasteiger partial charge in [-0.1, -0.05) is 23.9 Å². The Balaban J connectivity index is 1.50. The summed E-state index contributed by atoms with van der Waals surface area (Å²) in [5, 5.41) is 3.39. The van der Waals surface area contributed by atoms with Gasteiger partial charge in [-0.15, -0.1) is 0 Å². The lowest BCUT2D eigenvalue weighted by molar-refractivity contribution is -0.114.